The van der Waals surface area contributed by atoms with E-state index in [4.69, 9.17) is 19.9 Å². The van der Waals surface area contributed by atoms with Gasteiger partial charge in [0.15, 0.2) is 21.3 Å². The highest BCUT2D eigenvalue weighted by molar-refractivity contribution is 7.91. The molecule has 2 N–H and O–H groups in total. The molecule has 0 bridgehead atoms. The lowest BCUT2D eigenvalue weighted by molar-refractivity contribution is 0.125. The Hall–Kier alpha value is -1.31. The third-order valence-electron chi connectivity index (χ3n) is 4.08. The maximum absolute atomic E-state index is 12.0. The van der Waals surface area contributed by atoms with Crippen LogP contribution in [0.5, 0.6) is 11.5 Å². The summed E-state index contributed by atoms with van der Waals surface area (Å²) in [6.45, 7) is 2.77. The lowest BCUT2D eigenvalue weighted by Gasteiger charge is -2.11. The smallest absolute Gasteiger partial charge is 0.231 e. The van der Waals surface area contributed by atoms with Crippen LogP contribution in [0.15, 0.2) is 18.2 Å². The zero-order chi connectivity index (χ0) is 15.3. The summed E-state index contributed by atoms with van der Waals surface area (Å²) in [6.07, 6.45) is 1.22. The Bertz CT molecular complexity index is 659. The number of rotatable bonds is 5. The molecule has 21 heavy (non-hydrogen) atoms. The van der Waals surface area contributed by atoms with Crippen molar-refractivity contribution in [3.63, 3.8) is 0 Å². The average molecular weight is 313 g/mol. The molecule has 7 heteroatoms. The number of ether oxygens (including phenoxy) is 3. The lowest BCUT2D eigenvalue weighted by Crippen LogP contribution is -2.36. The summed E-state index contributed by atoms with van der Waals surface area (Å²) >= 11 is 0. The summed E-state index contributed by atoms with van der Waals surface area (Å²) in [5.41, 5.74) is 6.27. The van der Waals surface area contributed by atoms with E-state index >= 15 is 0 Å². The molecular formula is C14H19NO5S. The molecule has 0 amide bonds. The van der Waals surface area contributed by atoms with E-state index in [0.717, 1.165) is 5.56 Å². The minimum absolute atomic E-state index is 0.186. The van der Waals surface area contributed by atoms with Gasteiger partial charge in [-0.05, 0) is 24.6 Å². The largest absolute Gasteiger partial charge is 0.454 e. The summed E-state index contributed by atoms with van der Waals surface area (Å²) in [5.74, 6) is 1.02. The van der Waals surface area contributed by atoms with Crippen molar-refractivity contribution in [2.24, 2.45) is 5.73 Å². The first-order valence-electron chi connectivity index (χ1n) is 6.83. The second-order valence-corrected chi connectivity index (χ2v) is 7.76. The van der Waals surface area contributed by atoms with Gasteiger partial charge in [0.05, 0.1) is 17.4 Å². The van der Waals surface area contributed by atoms with Crippen LogP contribution >= 0.6 is 0 Å². The number of hydrogen-bond donors (Lipinski definition) is 1. The van der Waals surface area contributed by atoms with Gasteiger partial charge in [0.1, 0.15) is 0 Å². The molecule has 1 saturated carbocycles. The standard InChI is InChI=1S/C14H19NO5S/c1-3-18-7-14(15)12(13(14)21(2,16)17)9-4-5-10-11(6-9)20-8-19-10/h4-6,12-13H,3,7-8,15H2,1-2H3/t12-,13-,14+/m1/s1. The summed E-state index contributed by atoms with van der Waals surface area (Å²) in [7, 11) is -3.26. The molecule has 3 rings (SSSR count). The van der Waals surface area contributed by atoms with Crippen LogP contribution in [-0.2, 0) is 14.6 Å². The first-order chi connectivity index (χ1) is 9.88. The van der Waals surface area contributed by atoms with Crippen molar-refractivity contribution in [3.8, 4) is 11.5 Å². The third kappa shape index (κ3) is 2.39. The van der Waals surface area contributed by atoms with Gasteiger partial charge in [0.25, 0.3) is 0 Å². The Kier molecular flexibility index (Phi) is 3.38. The molecule has 1 aliphatic carbocycles. The van der Waals surface area contributed by atoms with E-state index in [2.05, 4.69) is 0 Å². The van der Waals surface area contributed by atoms with E-state index in [0.29, 0.717) is 18.1 Å². The molecule has 116 valence electrons. The van der Waals surface area contributed by atoms with Crippen molar-refractivity contribution < 1.29 is 22.6 Å². The Morgan fingerprint density at radius 1 is 1.38 bits per heavy atom. The van der Waals surface area contributed by atoms with Gasteiger partial charge in [-0.15, -0.1) is 0 Å². The fourth-order valence-corrected chi connectivity index (χ4v) is 4.95. The molecular weight excluding hydrogens is 294 g/mol. The molecule has 2 aliphatic rings. The molecule has 1 aliphatic heterocycles. The summed E-state index contributed by atoms with van der Waals surface area (Å²) in [6, 6.07) is 5.44. The van der Waals surface area contributed by atoms with Gasteiger partial charge in [-0.1, -0.05) is 6.07 Å². The number of nitrogens with two attached hydrogens (primary N) is 1. The van der Waals surface area contributed by atoms with Crippen LogP contribution in [0.1, 0.15) is 18.4 Å². The number of fused-ring (bicyclic) bond motifs is 1. The minimum atomic E-state index is -3.26. The van der Waals surface area contributed by atoms with E-state index < -0.39 is 20.6 Å². The normalized spacial score (nSPS) is 30.4. The zero-order valence-corrected chi connectivity index (χ0v) is 12.9. The molecule has 1 fully saturated rings. The van der Waals surface area contributed by atoms with Gasteiger partial charge in [-0.2, -0.15) is 0 Å². The van der Waals surface area contributed by atoms with Crippen molar-refractivity contribution in [2.75, 3.05) is 26.3 Å². The van der Waals surface area contributed by atoms with Crippen molar-refractivity contribution in [1.29, 1.82) is 0 Å². The summed E-state index contributed by atoms with van der Waals surface area (Å²) in [4.78, 5) is 0. The molecule has 1 aromatic rings. The molecule has 6 nitrogen and oxygen atoms in total. The maximum Gasteiger partial charge on any atom is 0.231 e. The molecule has 0 aromatic heterocycles. The van der Waals surface area contributed by atoms with Crippen molar-refractivity contribution >= 4 is 9.84 Å². The van der Waals surface area contributed by atoms with Crippen LogP contribution in [0, 0.1) is 0 Å². The Labute approximate surface area is 124 Å². The molecule has 3 atom stereocenters. The Morgan fingerprint density at radius 3 is 2.76 bits per heavy atom. The van der Waals surface area contributed by atoms with Crippen LogP contribution in [0.4, 0.5) is 0 Å². The molecule has 0 unspecified atom stereocenters. The second-order valence-electron chi connectivity index (χ2n) is 5.59. The number of hydrogen-bond acceptors (Lipinski definition) is 6. The van der Waals surface area contributed by atoms with Crippen molar-refractivity contribution in [3.05, 3.63) is 23.8 Å². The quantitative estimate of drug-likeness (QED) is 0.859. The minimum Gasteiger partial charge on any atom is -0.454 e. The van der Waals surface area contributed by atoms with E-state index in [1.54, 1.807) is 6.07 Å². The fourth-order valence-electron chi connectivity index (χ4n) is 3.11. The van der Waals surface area contributed by atoms with Crippen molar-refractivity contribution in [2.45, 2.75) is 23.6 Å². The third-order valence-corrected chi connectivity index (χ3v) is 5.71. The zero-order valence-electron chi connectivity index (χ0n) is 12.0. The fraction of sp³-hybridized carbons (Fsp3) is 0.571. The molecule has 0 radical (unpaired) electrons. The van der Waals surface area contributed by atoms with Gasteiger partial charge < -0.3 is 19.9 Å². The first-order valence-corrected chi connectivity index (χ1v) is 8.78. The van der Waals surface area contributed by atoms with Crippen LogP contribution in [0.2, 0.25) is 0 Å². The van der Waals surface area contributed by atoms with E-state index in [1.807, 2.05) is 19.1 Å². The topological polar surface area (TPSA) is 87.8 Å². The number of sulfone groups is 1. The Morgan fingerprint density at radius 2 is 2.10 bits per heavy atom. The molecule has 1 heterocycles. The van der Waals surface area contributed by atoms with Crippen molar-refractivity contribution in [1.82, 2.24) is 0 Å². The second kappa shape index (κ2) is 4.86. The molecule has 0 spiro atoms. The summed E-state index contributed by atoms with van der Waals surface area (Å²) in [5, 5.41) is -0.628. The van der Waals surface area contributed by atoms with Gasteiger partial charge in [0, 0.05) is 18.8 Å². The highest BCUT2D eigenvalue weighted by atomic mass is 32.2. The predicted octanol–water partition coefficient (Wildman–Crippen LogP) is 0.660. The highest BCUT2D eigenvalue weighted by Gasteiger charge is 2.68. The average Bonchev–Trinajstić information content (AvgIpc) is 2.81. The SMILES string of the molecule is CCOC[C@]1(N)[C@H](c2ccc3c(c2)OCO3)[C@H]1S(C)(=O)=O. The highest BCUT2D eigenvalue weighted by Crippen LogP contribution is 2.55. The predicted molar refractivity (Wildman–Crippen MR) is 77.3 cm³/mol. The van der Waals surface area contributed by atoms with Crippen LogP contribution in [0.3, 0.4) is 0 Å². The van der Waals surface area contributed by atoms with Crippen LogP contribution in [-0.4, -0.2) is 45.5 Å². The van der Waals surface area contributed by atoms with Gasteiger partial charge in [-0.25, -0.2) is 8.42 Å². The van der Waals surface area contributed by atoms with E-state index in [9.17, 15) is 8.42 Å². The van der Waals surface area contributed by atoms with Gasteiger partial charge in [0.2, 0.25) is 6.79 Å². The van der Waals surface area contributed by atoms with Crippen LogP contribution < -0.4 is 15.2 Å². The monoisotopic (exact) mass is 313 g/mol. The number of benzene rings is 1. The van der Waals surface area contributed by atoms with E-state index in [-0.39, 0.29) is 19.3 Å². The molecule has 0 saturated heterocycles. The first kappa shape index (κ1) is 14.6. The lowest BCUT2D eigenvalue weighted by atomic mass is 10.1. The Balaban J connectivity index is 1.93. The maximum atomic E-state index is 12.0. The molecule has 1 aromatic carbocycles. The van der Waals surface area contributed by atoms with Gasteiger partial charge >= 0.3 is 0 Å². The van der Waals surface area contributed by atoms with Crippen LogP contribution in [0.25, 0.3) is 0 Å². The summed E-state index contributed by atoms with van der Waals surface area (Å²) < 4.78 is 40.0. The van der Waals surface area contributed by atoms with Gasteiger partial charge in [-0.3, -0.25) is 0 Å². The van der Waals surface area contributed by atoms with E-state index in [1.165, 1.54) is 6.26 Å².